The summed E-state index contributed by atoms with van der Waals surface area (Å²) in [7, 11) is 0. The molecule has 1 aromatic heterocycles. The molecule has 0 aliphatic rings. The van der Waals surface area contributed by atoms with E-state index in [1.807, 2.05) is 31.2 Å². The fourth-order valence-electron chi connectivity index (χ4n) is 2.45. The monoisotopic (exact) mass is 373 g/mol. The van der Waals surface area contributed by atoms with Crippen LogP contribution < -0.4 is 20.3 Å². The molecule has 1 aromatic carbocycles. The van der Waals surface area contributed by atoms with Gasteiger partial charge in [0.25, 0.3) is 5.56 Å². The number of rotatable bonds is 11. The van der Waals surface area contributed by atoms with E-state index in [1.165, 1.54) is 17.0 Å². The average Bonchev–Trinajstić information content (AvgIpc) is 2.67. The van der Waals surface area contributed by atoms with Gasteiger partial charge < -0.3 is 14.8 Å². The van der Waals surface area contributed by atoms with E-state index in [0.717, 1.165) is 30.7 Å². The van der Waals surface area contributed by atoms with Crippen LogP contribution in [0.2, 0.25) is 0 Å². The number of unbranched alkanes of at least 4 members (excludes halogenated alkanes) is 1. The third-order valence-electron chi connectivity index (χ3n) is 3.86. The zero-order valence-corrected chi connectivity index (χ0v) is 15.9. The largest absolute Gasteiger partial charge is 0.494 e. The average molecular weight is 373 g/mol. The lowest BCUT2D eigenvalue weighted by Crippen LogP contribution is -2.34. The number of hydrogen-bond donors (Lipinski definition) is 1. The SMILES string of the molecule is CCCCc1cc(=O)n(CC(=O)NCCOc2ccc(OCC)cc2)cn1. The van der Waals surface area contributed by atoms with Gasteiger partial charge in [0.2, 0.25) is 5.91 Å². The molecule has 0 spiro atoms. The predicted molar refractivity (Wildman–Crippen MR) is 103 cm³/mol. The van der Waals surface area contributed by atoms with E-state index >= 15 is 0 Å². The number of hydrogen-bond acceptors (Lipinski definition) is 5. The molecule has 0 fully saturated rings. The van der Waals surface area contributed by atoms with E-state index in [4.69, 9.17) is 9.47 Å². The first kappa shape index (κ1) is 20.5. The van der Waals surface area contributed by atoms with Crippen LogP contribution >= 0.6 is 0 Å². The maximum absolute atomic E-state index is 12.0. The van der Waals surface area contributed by atoms with E-state index < -0.39 is 0 Å². The Morgan fingerprint density at radius 2 is 1.85 bits per heavy atom. The third-order valence-corrected chi connectivity index (χ3v) is 3.86. The quantitative estimate of drug-likeness (QED) is 0.611. The summed E-state index contributed by atoms with van der Waals surface area (Å²) in [6, 6.07) is 8.80. The number of carbonyl (C=O) groups excluding carboxylic acids is 1. The van der Waals surface area contributed by atoms with Crippen LogP contribution in [0.25, 0.3) is 0 Å². The molecule has 1 amide bonds. The summed E-state index contributed by atoms with van der Waals surface area (Å²) in [5.41, 5.74) is 0.555. The van der Waals surface area contributed by atoms with Gasteiger partial charge in [0.1, 0.15) is 24.7 Å². The molecule has 27 heavy (non-hydrogen) atoms. The number of ether oxygens (including phenoxy) is 2. The molecule has 2 aromatic rings. The summed E-state index contributed by atoms with van der Waals surface area (Å²) < 4.78 is 12.2. The summed E-state index contributed by atoms with van der Waals surface area (Å²) in [6.45, 7) is 5.27. The summed E-state index contributed by atoms with van der Waals surface area (Å²) in [5.74, 6) is 1.24. The number of amides is 1. The van der Waals surface area contributed by atoms with Crippen molar-refractivity contribution in [3.63, 3.8) is 0 Å². The van der Waals surface area contributed by atoms with Crippen LogP contribution in [0.4, 0.5) is 0 Å². The molecule has 0 saturated heterocycles. The van der Waals surface area contributed by atoms with Crippen molar-refractivity contribution in [1.82, 2.24) is 14.9 Å². The highest BCUT2D eigenvalue weighted by molar-refractivity contribution is 5.75. The molecule has 1 N–H and O–H groups in total. The Bertz CT molecular complexity index is 772. The Hall–Kier alpha value is -2.83. The second-order valence-corrected chi connectivity index (χ2v) is 6.05. The molecular formula is C20H27N3O4. The van der Waals surface area contributed by atoms with Gasteiger partial charge in [-0.3, -0.25) is 14.2 Å². The zero-order chi connectivity index (χ0) is 19.5. The summed E-state index contributed by atoms with van der Waals surface area (Å²) in [4.78, 5) is 28.2. The molecule has 7 heteroatoms. The van der Waals surface area contributed by atoms with Gasteiger partial charge in [-0.2, -0.15) is 0 Å². The molecular weight excluding hydrogens is 346 g/mol. The molecule has 0 aliphatic heterocycles. The minimum atomic E-state index is -0.254. The van der Waals surface area contributed by atoms with E-state index in [2.05, 4.69) is 17.2 Å². The van der Waals surface area contributed by atoms with E-state index in [1.54, 1.807) is 0 Å². The van der Waals surface area contributed by atoms with Crippen LogP contribution in [0.1, 0.15) is 32.4 Å². The number of aromatic nitrogens is 2. The fraction of sp³-hybridized carbons (Fsp3) is 0.450. The number of nitrogens with one attached hydrogen (secondary N) is 1. The lowest BCUT2D eigenvalue weighted by Gasteiger charge is -2.10. The van der Waals surface area contributed by atoms with Gasteiger partial charge in [-0.05, 0) is 44.0 Å². The van der Waals surface area contributed by atoms with Crippen molar-refractivity contribution in [1.29, 1.82) is 0 Å². The van der Waals surface area contributed by atoms with E-state index in [-0.39, 0.29) is 18.0 Å². The van der Waals surface area contributed by atoms with Gasteiger partial charge in [-0.1, -0.05) is 13.3 Å². The number of nitrogens with zero attached hydrogens (tertiary/aromatic N) is 2. The normalized spacial score (nSPS) is 10.4. The van der Waals surface area contributed by atoms with Crippen molar-refractivity contribution >= 4 is 5.91 Å². The highest BCUT2D eigenvalue weighted by Crippen LogP contribution is 2.17. The van der Waals surface area contributed by atoms with Crippen molar-refractivity contribution in [2.75, 3.05) is 19.8 Å². The minimum Gasteiger partial charge on any atom is -0.494 e. The molecule has 146 valence electrons. The molecule has 0 radical (unpaired) electrons. The Morgan fingerprint density at radius 1 is 1.15 bits per heavy atom. The van der Waals surface area contributed by atoms with Crippen LogP contribution in [0.3, 0.4) is 0 Å². The van der Waals surface area contributed by atoms with Crippen molar-refractivity contribution in [2.24, 2.45) is 0 Å². The van der Waals surface area contributed by atoms with Gasteiger partial charge in [0, 0.05) is 11.8 Å². The van der Waals surface area contributed by atoms with Crippen LogP contribution in [0.15, 0.2) is 41.5 Å². The Kier molecular flexibility index (Phi) is 8.35. The van der Waals surface area contributed by atoms with Crippen molar-refractivity contribution in [3.05, 3.63) is 52.7 Å². The van der Waals surface area contributed by atoms with Crippen molar-refractivity contribution in [2.45, 2.75) is 39.7 Å². The molecule has 0 bridgehead atoms. The van der Waals surface area contributed by atoms with Crippen LogP contribution in [-0.2, 0) is 17.8 Å². The maximum atomic E-state index is 12.0. The van der Waals surface area contributed by atoms with Crippen LogP contribution in [0, 0.1) is 0 Å². The van der Waals surface area contributed by atoms with E-state index in [9.17, 15) is 9.59 Å². The first-order valence-electron chi connectivity index (χ1n) is 9.30. The minimum absolute atomic E-state index is 0.0526. The molecule has 7 nitrogen and oxygen atoms in total. The van der Waals surface area contributed by atoms with Crippen molar-refractivity contribution in [3.8, 4) is 11.5 Å². The second kappa shape index (κ2) is 11.0. The van der Waals surface area contributed by atoms with Gasteiger partial charge in [0.15, 0.2) is 0 Å². The smallest absolute Gasteiger partial charge is 0.253 e. The number of aryl methyl sites for hydroxylation is 1. The maximum Gasteiger partial charge on any atom is 0.253 e. The zero-order valence-electron chi connectivity index (χ0n) is 15.9. The Morgan fingerprint density at radius 3 is 2.48 bits per heavy atom. The summed E-state index contributed by atoms with van der Waals surface area (Å²) >= 11 is 0. The highest BCUT2D eigenvalue weighted by Gasteiger charge is 2.06. The fourth-order valence-corrected chi connectivity index (χ4v) is 2.45. The third kappa shape index (κ3) is 7.13. The predicted octanol–water partition coefficient (Wildman–Crippen LogP) is 2.18. The Balaban J connectivity index is 1.72. The number of carbonyl (C=O) groups is 1. The lowest BCUT2D eigenvalue weighted by atomic mass is 10.2. The summed E-state index contributed by atoms with van der Waals surface area (Å²) in [5, 5.41) is 2.73. The first-order valence-corrected chi connectivity index (χ1v) is 9.30. The van der Waals surface area contributed by atoms with Crippen molar-refractivity contribution < 1.29 is 14.3 Å². The summed E-state index contributed by atoms with van der Waals surface area (Å²) in [6.07, 6.45) is 4.25. The molecule has 0 unspecified atom stereocenters. The molecule has 0 atom stereocenters. The van der Waals surface area contributed by atoms with E-state index in [0.29, 0.717) is 25.5 Å². The Labute approximate surface area is 159 Å². The van der Waals surface area contributed by atoms with Crippen LogP contribution in [-0.4, -0.2) is 35.2 Å². The standard InChI is InChI=1S/C20H27N3O4/c1-3-5-6-16-13-20(25)23(15-22-16)14-19(24)21-11-12-27-18-9-7-17(8-10-18)26-4-2/h7-10,13,15H,3-6,11-12,14H2,1-2H3,(H,21,24). The molecule has 0 aliphatic carbocycles. The molecule has 2 rings (SSSR count). The van der Waals surface area contributed by atoms with Crippen LogP contribution in [0.5, 0.6) is 11.5 Å². The lowest BCUT2D eigenvalue weighted by molar-refractivity contribution is -0.121. The highest BCUT2D eigenvalue weighted by atomic mass is 16.5. The topological polar surface area (TPSA) is 82.5 Å². The number of benzene rings is 1. The molecule has 0 saturated carbocycles. The second-order valence-electron chi connectivity index (χ2n) is 6.05. The molecule has 1 heterocycles. The van der Waals surface area contributed by atoms with Gasteiger partial charge in [-0.15, -0.1) is 0 Å². The van der Waals surface area contributed by atoms with Gasteiger partial charge in [-0.25, -0.2) is 4.98 Å². The first-order chi connectivity index (χ1) is 13.1. The van der Waals surface area contributed by atoms with Gasteiger partial charge >= 0.3 is 0 Å². The van der Waals surface area contributed by atoms with Gasteiger partial charge in [0.05, 0.1) is 19.5 Å².